The van der Waals surface area contributed by atoms with Gasteiger partial charge in [-0.1, -0.05) is 25.4 Å². The second kappa shape index (κ2) is 4.78. The van der Waals surface area contributed by atoms with Gasteiger partial charge in [0.05, 0.1) is 16.1 Å². The smallest absolute Gasteiger partial charge is 0.178 e. The second-order valence-electron chi connectivity index (χ2n) is 4.05. The topological polar surface area (TPSA) is 20.7 Å². The lowest BCUT2D eigenvalue weighted by Gasteiger charge is -2.15. The zero-order chi connectivity index (χ0) is 12.6. The molecule has 0 saturated carbocycles. The predicted molar refractivity (Wildman–Crippen MR) is 71.7 cm³/mol. The van der Waals surface area contributed by atoms with Crippen molar-refractivity contribution in [2.24, 2.45) is 0 Å². The van der Waals surface area contributed by atoms with E-state index in [9.17, 15) is 4.39 Å². The highest BCUT2D eigenvalue weighted by molar-refractivity contribution is 7.71. The Kier molecular flexibility index (Phi) is 3.54. The number of nitrogens with one attached hydrogen (secondary N) is 1. The van der Waals surface area contributed by atoms with E-state index >= 15 is 0 Å². The Hall–Kier alpha value is -0.870. The zero-order valence-corrected chi connectivity index (χ0v) is 11.3. The number of hydrogen-bond acceptors (Lipinski definition) is 1. The summed E-state index contributed by atoms with van der Waals surface area (Å²) >= 11 is 11.0. The Bertz CT molecular complexity index is 598. The molecule has 0 unspecified atom stereocenters. The summed E-state index contributed by atoms with van der Waals surface area (Å²) in [6, 6.07) is 3.32. The lowest BCUT2D eigenvalue weighted by atomic mass is 10.1. The number of halogens is 2. The second-order valence-corrected chi connectivity index (χ2v) is 4.85. The molecule has 92 valence electrons. The minimum Gasteiger partial charge on any atom is -0.331 e. The van der Waals surface area contributed by atoms with E-state index in [2.05, 4.69) is 18.8 Å². The average molecular weight is 273 g/mol. The number of imidazole rings is 1. The Morgan fingerprint density at radius 1 is 1.41 bits per heavy atom. The molecule has 2 nitrogen and oxygen atoms in total. The summed E-state index contributed by atoms with van der Waals surface area (Å²) < 4.78 is 16.1. The molecule has 0 spiro atoms. The summed E-state index contributed by atoms with van der Waals surface area (Å²) in [6.07, 6.45) is 1.92. The molecule has 0 bridgehead atoms. The molecule has 2 rings (SSSR count). The zero-order valence-electron chi connectivity index (χ0n) is 9.76. The largest absolute Gasteiger partial charge is 0.331 e. The Balaban J connectivity index is 2.74. The first-order chi connectivity index (χ1) is 8.08. The highest BCUT2D eigenvalue weighted by Gasteiger charge is 2.14. The summed E-state index contributed by atoms with van der Waals surface area (Å²) in [6.45, 7) is 4.20. The maximum absolute atomic E-state index is 13.5. The molecule has 0 saturated heterocycles. The third-order valence-electron chi connectivity index (χ3n) is 3.07. The fourth-order valence-corrected chi connectivity index (χ4v) is 2.66. The molecule has 0 fully saturated rings. The highest BCUT2D eigenvalue weighted by atomic mass is 35.5. The number of benzene rings is 1. The molecule has 2 aromatic rings. The molecule has 0 aliphatic rings. The van der Waals surface area contributed by atoms with Gasteiger partial charge in [0.2, 0.25) is 0 Å². The van der Waals surface area contributed by atoms with E-state index in [-0.39, 0.29) is 11.1 Å². The lowest BCUT2D eigenvalue weighted by molar-refractivity contribution is 0.478. The van der Waals surface area contributed by atoms with Gasteiger partial charge in [-0.2, -0.15) is 0 Å². The van der Waals surface area contributed by atoms with Gasteiger partial charge >= 0.3 is 0 Å². The first-order valence-corrected chi connectivity index (χ1v) is 6.46. The SMILES string of the molecule is CCC(CC)n1c(=S)[nH]c2cc(Cl)c(F)cc21. The summed E-state index contributed by atoms with van der Waals surface area (Å²) in [4.78, 5) is 3.07. The van der Waals surface area contributed by atoms with Crippen molar-refractivity contribution in [1.29, 1.82) is 0 Å². The fourth-order valence-electron chi connectivity index (χ4n) is 2.14. The molecule has 0 amide bonds. The van der Waals surface area contributed by atoms with E-state index in [0.29, 0.717) is 4.77 Å². The third-order valence-corrected chi connectivity index (χ3v) is 3.65. The van der Waals surface area contributed by atoms with E-state index in [4.69, 9.17) is 23.8 Å². The van der Waals surface area contributed by atoms with Crippen molar-refractivity contribution in [3.8, 4) is 0 Å². The maximum atomic E-state index is 13.5. The van der Waals surface area contributed by atoms with Crippen LogP contribution in [-0.2, 0) is 0 Å². The number of aromatic nitrogens is 2. The number of nitrogens with zero attached hydrogens (tertiary/aromatic N) is 1. The quantitative estimate of drug-likeness (QED) is 0.792. The third kappa shape index (κ3) is 2.11. The van der Waals surface area contributed by atoms with Crippen molar-refractivity contribution in [2.45, 2.75) is 32.7 Å². The molecule has 0 radical (unpaired) electrons. The van der Waals surface area contributed by atoms with Crippen molar-refractivity contribution in [3.63, 3.8) is 0 Å². The van der Waals surface area contributed by atoms with E-state index in [1.165, 1.54) is 6.07 Å². The summed E-state index contributed by atoms with van der Waals surface area (Å²) in [5, 5.41) is 0.116. The number of fused-ring (bicyclic) bond motifs is 1. The first kappa shape index (κ1) is 12.6. The van der Waals surface area contributed by atoms with Crippen LogP contribution in [0.4, 0.5) is 4.39 Å². The summed E-state index contributed by atoms with van der Waals surface area (Å²) in [7, 11) is 0. The van der Waals surface area contributed by atoms with E-state index < -0.39 is 5.82 Å². The van der Waals surface area contributed by atoms with Crippen molar-refractivity contribution >= 4 is 34.9 Å². The Morgan fingerprint density at radius 2 is 2.06 bits per heavy atom. The average Bonchev–Trinajstić information content (AvgIpc) is 2.59. The van der Waals surface area contributed by atoms with Crippen LogP contribution in [0.3, 0.4) is 0 Å². The molecule has 17 heavy (non-hydrogen) atoms. The molecule has 0 aliphatic heterocycles. The van der Waals surface area contributed by atoms with Gasteiger partial charge in [0.25, 0.3) is 0 Å². The molecular formula is C12H14ClFN2S. The molecular weight excluding hydrogens is 259 g/mol. The van der Waals surface area contributed by atoms with Gasteiger partial charge in [-0.25, -0.2) is 4.39 Å². The minimum atomic E-state index is -0.409. The van der Waals surface area contributed by atoms with Gasteiger partial charge in [0.15, 0.2) is 4.77 Å². The molecule has 5 heteroatoms. The van der Waals surface area contributed by atoms with Gasteiger partial charge in [-0.3, -0.25) is 0 Å². The molecule has 1 N–H and O–H groups in total. The van der Waals surface area contributed by atoms with Gasteiger partial charge in [-0.05, 0) is 31.1 Å². The highest BCUT2D eigenvalue weighted by Crippen LogP contribution is 2.27. The maximum Gasteiger partial charge on any atom is 0.178 e. The molecule has 1 aromatic heterocycles. The normalized spacial score (nSPS) is 11.6. The van der Waals surface area contributed by atoms with Crippen LogP contribution in [0.15, 0.2) is 12.1 Å². The lowest BCUT2D eigenvalue weighted by Crippen LogP contribution is -2.06. The van der Waals surface area contributed by atoms with Crippen LogP contribution in [-0.4, -0.2) is 9.55 Å². The first-order valence-electron chi connectivity index (χ1n) is 5.67. The Labute approximate surface area is 109 Å². The van der Waals surface area contributed by atoms with E-state index in [1.807, 2.05) is 4.57 Å². The van der Waals surface area contributed by atoms with Crippen molar-refractivity contribution in [1.82, 2.24) is 9.55 Å². The van der Waals surface area contributed by atoms with Crippen LogP contribution >= 0.6 is 23.8 Å². The van der Waals surface area contributed by atoms with Crippen LogP contribution in [0.5, 0.6) is 0 Å². The minimum absolute atomic E-state index is 0.116. The summed E-state index contributed by atoms with van der Waals surface area (Å²) in [5.74, 6) is -0.409. The fraction of sp³-hybridized carbons (Fsp3) is 0.417. The van der Waals surface area contributed by atoms with Gasteiger partial charge in [0.1, 0.15) is 5.82 Å². The van der Waals surface area contributed by atoms with Crippen LogP contribution in [0, 0.1) is 10.6 Å². The monoisotopic (exact) mass is 272 g/mol. The molecule has 1 heterocycles. The summed E-state index contributed by atoms with van der Waals surface area (Å²) in [5.41, 5.74) is 1.57. The standard InChI is InChI=1S/C12H14ClFN2S/c1-3-7(4-2)16-11-6-9(14)8(13)5-10(11)15-12(16)17/h5-7H,3-4H2,1-2H3,(H,15,17). The van der Waals surface area contributed by atoms with Crippen molar-refractivity contribution < 1.29 is 4.39 Å². The number of H-pyrrole nitrogens is 1. The number of rotatable bonds is 3. The van der Waals surface area contributed by atoms with Gasteiger partial charge in [0, 0.05) is 12.1 Å². The Morgan fingerprint density at radius 3 is 2.65 bits per heavy atom. The number of aromatic amines is 1. The molecule has 1 aromatic carbocycles. The van der Waals surface area contributed by atoms with Crippen molar-refractivity contribution in [3.05, 3.63) is 27.7 Å². The van der Waals surface area contributed by atoms with E-state index in [1.54, 1.807) is 6.07 Å². The van der Waals surface area contributed by atoms with Crippen LogP contribution in [0.1, 0.15) is 32.7 Å². The van der Waals surface area contributed by atoms with Crippen LogP contribution < -0.4 is 0 Å². The molecule has 0 aliphatic carbocycles. The van der Waals surface area contributed by atoms with Crippen LogP contribution in [0.25, 0.3) is 11.0 Å². The van der Waals surface area contributed by atoms with Crippen molar-refractivity contribution in [2.75, 3.05) is 0 Å². The molecule has 0 atom stereocenters. The van der Waals surface area contributed by atoms with Crippen LogP contribution in [0.2, 0.25) is 5.02 Å². The van der Waals surface area contributed by atoms with Gasteiger partial charge < -0.3 is 9.55 Å². The predicted octanol–water partition coefficient (Wildman–Crippen LogP) is 4.85. The van der Waals surface area contributed by atoms with Gasteiger partial charge in [-0.15, -0.1) is 0 Å². The number of hydrogen-bond donors (Lipinski definition) is 1. The van der Waals surface area contributed by atoms with E-state index in [0.717, 1.165) is 23.9 Å².